The van der Waals surface area contributed by atoms with Crippen molar-refractivity contribution in [1.29, 1.82) is 0 Å². The highest BCUT2D eigenvalue weighted by Gasteiger charge is 2.48. The zero-order chi connectivity index (χ0) is 15.1. The summed E-state index contributed by atoms with van der Waals surface area (Å²) in [6.07, 6.45) is 0.743. The number of hydrogen-bond acceptors (Lipinski definition) is 5. The Hall–Kier alpha value is -0.810. The molecule has 0 unspecified atom stereocenters. The van der Waals surface area contributed by atoms with E-state index in [0.29, 0.717) is 12.3 Å². The average Bonchev–Trinajstić information content (AvgIpc) is 2.49. The Bertz CT molecular complexity index is 371. The third-order valence-corrected chi connectivity index (χ3v) is 3.56. The van der Waals surface area contributed by atoms with Gasteiger partial charge < -0.3 is 18.9 Å². The first kappa shape index (κ1) is 15.6. The van der Waals surface area contributed by atoms with E-state index in [1.54, 1.807) is 0 Å². The van der Waals surface area contributed by atoms with Gasteiger partial charge in [-0.2, -0.15) is 0 Å². The van der Waals surface area contributed by atoms with Crippen molar-refractivity contribution >= 4 is 6.16 Å². The number of fused-ring (bicyclic) bond motifs is 1. The minimum absolute atomic E-state index is 0.0128. The molecule has 2 rings (SSSR count). The van der Waals surface area contributed by atoms with E-state index < -0.39 is 17.5 Å². The lowest BCUT2D eigenvalue weighted by atomic mass is 9.84. The van der Waals surface area contributed by atoms with E-state index in [1.807, 2.05) is 34.6 Å². The summed E-state index contributed by atoms with van der Waals surface area (Å²) >= 11 is 0. The summed E-state index contributed by atoms with van der Waals surface area (Å²) in [5.74, 6) is -0.257. The fourth-order valence-electron chi connectivity index (χ4n) is 2.94. The van der Waals surface area contributed by atoms with Crippen LogP contribution in [0.2, 0.25) is 0 Å². The highest BCUT2D eigenvalue weighted by molar-refractivity contribution is 5.60. The second-order valence-corrected chi connectivity index (χ2v) is 7.29. The van der Waals surface area contributed by atoms with E-state index in [4.69, 9.17) is 18.9 Å². The van der Waals surface area contributed by atoms with Gasteiger partial charge in [0, 0.05) is 6.42 Å². The molecule has 0 N–H and O–H groups in total. The van der Waals surface area contributed by atoms with Gasteiger partial charge in [-0.1, -0.05) is 6.92 Å². The van der Waals surface area contributed by atoms with Crippen molar-refractivity contribution in [3.05, 3.63) is 0 Å². The van der Waals surface area contributed by atoms with E-state index in [2.05, 4.69) is 6.92 Å². The van der Waals surface area contributed by atoms with Crippen LogP contribution in [0.25, 0.3) is 0 Å². The lowest BCUT2D eigenvalue weighted by Crippen LogP contribution is -2.42. The van der Waals surface area contributed by atoms with Gasteiger partial charge in [0.2, 0.25) is 0 Å². The van der Waals surface area contributed by atoms with E-state index in [-0.39, 0.29) is 18.3 Å². The Balaban J connectivity index is 1.91. The van der Waals surface area contributed by atoms with Crippen molar-refractivity contribution in [2.45, 2.75) is 84.1 Å². The van der Waals surface area contributed by atoms with Crippen LogP contribution in [-0.2, 0) is 18.9 Å². The molecule has 0 bridgehead atoms. The quantitative estimate of drug-likeness (QED) is 0.692. The predicted molar refractivity (Wildman–Crippen MR) is 73.3 cm³/mol. The lowest BCUT2D eigenvalue weighted by Gasteiger charge is -2.34. The van der Waals surface area contributed by atoms with Crippen molar-refractivity contribution in [3.8, 4) is 0 Å². The summed E-state index contributed by atoms with van der Waals surface area (Å²) in [7, 11) is 0. The van der Waals surface area contributed by atoms with Gasteiger partial charge in [-0.05, 0) is 47.0 Å². The molecule has 2 fully saturated rings. The van der Waals surface area contributed by atoms with E-state index in [0.717, 1.165) is 6.42 Å². The first-order valence-electron chi connectivity index (χ1n) is 7.31. The van der Waals surface area contributed by atoms with Crippen LogP contribution >= 0.6 is 0 Å². The summed E-state index contributed by atoms with van der Waals surface area (Å²) in [6, 6.07) is 0. The molecule has 0 amide bonds. The maximum absolute atomic E-state index is 11.7. The van der Waals surface area contributed by atoms with Crippen LogP contribution in [-0.4, -0.2) is 35.9 Å². The molecule has 1 saturated heterocycles. The largest absolute Gasteiger partial charge is 0.509 e. The van der Waals surface area contributed by atoms with E-state index in [9.17, 15) is 4.79 Å². The van der Waals surface area contributed by atoms with Gasteiger partial charge in [-0.25, -0.2) is 4.79 Å². The van der Waals surface area contributed by atoms with Crippen molar-refractivity contribution in [3.63, 3.8) is 0 Å². The normalized spacial score (nSPS) is 36.3. The third kappa shape index (κ3) is 3.85. The van der Waals surface area contributed by atoms with Crippen molar-refractivity contribution in [2.75, 3.05) is 0 Å². The molecule has 116 valence electrons. The molecule has 5 heteroatoms. The number of hydrogen-bond donors (Lipinski definition) is 0. The first-order valence-corrected chi connectivity index (χ1v) is 7.31. The molecule has 2 aliphatic rings. The molecular weight excluding hydrogens is 260 g/mol. The van der Waals surface area contributed by atoms with Crippen molar-refractivity contribution < 1.29 is 23.7 Å². The number of carbonyl (C=O) groups excluding carboxylic acids is 1. The Labute approximate surface area is 120 Å². The molecular formula is C15H26O5. The fourth-order valence-corrected chi connectivity index (χ4v) is 2.94. The molecule has 0 spiro atoms. The molecule has 1 aliphatic carbocycles. The number of rotatable bonds is 1. The molecule has 20 heavy (non-hydrogen) atoms. The molecule has 1 aliphatic heterocycles. The summed E-state index contributed by atoms with van der Waals surface area (Å²) in [5, 5.41) is 0. The summed E-state index contributed by atoms with van der Waals surface area (Å²) in [5.41, 5.74) is -0.533. The first-order chi connectivity index (χ1) is 9.06. The van der Waals surface area contributed by atoms with Crippen LogP contribution in [0.1, 0.15) is 54.4 Å². The van der Waals surface area contributed by atoms with Crippen LogP contribution in [0.5, 0.6) is 0 Å². The Morgan fingerprint density at radius 1 is 1.20 bits per heavy atom. The van der Waals surface area contributed by atoms with Crippen molar-refractivity contribution in [1.82, 2.24) is 0 Å². The number of ether oxygens (including phenoxy) is 4. The summed E-state index contributed by atoms with van der Waals surface area (Å²) in [6.45, 7) is 11.4. The second-order valence-electron chi connectivity index (χ2n) is 7.29. The fraction of sp³-hybridized carbons (Fsp3) is 0.933. The monoisotopic (exact) mass is 286 g/mol. The zero-order valence-corrected chi connectivity index (χ0v) is 13.3. The minimum Gasteiger partial charge on any atom is -0.431 e. The minimum atomic E-state index is -0.605. The molecule has 5 nitrogen and oxygen atoms in total. The topological polar surface area (TPSA) is 54.0 Å². The average molecular weight is 286 g/mol. The molecule has 4 atom stereocenters. The van der Waals surface area contributed by atoms with Crippen LogP contribution in [0.3, 0.4) is 0 Å². The zero-order valence-electron chi connectivity index (χ0n) is 13.3. The van der Waals surface area contributed by atoms with Gasteiger partial charge >= 0.3 is 6.16 Å². The number of carbonyl (C=O) groups is 1. The predicted octanol–water partition coefficient (Wildman–Crippen LogP) is 3.26. The SMILES string of the molecule is C[C@H]1C[C@@H](OC(=O)OC(C)(C)C)C[C@@H]2OC(C)(C)O[C@@H]21. The third-order valence-electron chi connectivity index (χ3n) is 3.56. The maximum atomic E-state index is 11.7. The second kappa shape index (κ2) is 5.19. The van der Waals surface area contributed by atoms with Crippen LogP contribution in [0.15, 0.2) is 0 Å². The summed E-state index contributed by atoms with van der Waals surface area (Å²) in [4.78, 5) is 11.7. The van der Waals surface area contributed by atoms with Gasteiger partial charge in [0.25, 0.3) is 0 Å². The Kier molecular flexibility index (Phi) is 4.04. The molecule has 1 saturated carbocycles. The standard InChI is InChI=1S/C15H26O5/c1-9-7-10(17-13(16)20-14(2,3)4)8-11-12(9)19-15(5,6)18-11/h9-12H,7-8H2,1-6H3/t9-,10+,11-,12+/m0/s1. The van der Waals surface area contributed by atoms with Gasteiger partial charge in [-0.3, -0.25) is 0 Å². The van der Waals surface area contributed by atoms with Gasteiger partial charge in [0.05, 0.1) is 12.2 Å². The molecule has 0 aromatic rings. The van der Waals surface area contributed by atoms with E-state index in [1.165, 1.54) is 0 Å². The molecule has 0 aromatic heterocycles. The molecule has 0 radical (unpaired) electrons. The van der Waals surface area contributed by atoms with Crippen molar-refractivity contribution in [2.24, 2.45) is 5.92 Å². The van der Waals surface area contributed by atoms with Gasteiger partial charge in [-0.15, -0.1) is 0 Å². The summed E-state index contributed by atoms with van der Waals surface area (Å²) < 4.78 is 22.4. The molecule has 0 aromatic carbocycles. The Morgan fingerprint density at radius 3 is 2.45 bits per heavy atom. The van der Waals surface area contributed by atoms with Crippen LogP contribution in [0, 0.1) is 5.92 Å². The highest BCUT2D eigenvalue weighted by atomic mass is 16.8. The Morgan fingerprint density at radius 2 is 1.85 bits per heavy atom. The van der Waals surface area contributed by atoms with E-state index >= 15 is 0 Å². The maximum Gasteiger partial charge on any atom is 0.509 e. The molecule has 1 heterocycles. The van der Waals surface area contributed by atoms with Gasteiger partial charge in [0.1, 0.15) is 11.7 Å². The van der Waals surface area contributed by atoms with Gasteiger partial charge in [0.15, 0.2) is 5.79 Å². The van der Waals surface area contributed by atoms with Crippen LogP contribution in [0.4, 0.5) is 4.79 Å². The van der Waals surface area contributed by atoms with Crippen LogP contribution < -0.4 is 0 Å². The highest BCUT2D eigenvalue weighted by Crippen LogP contribution is 2.40. The lowest BCUT2D eigenvalue weighted by molar-refractivity contribution is -0.148. The smallest absolute Gasteiger partial charge is 0.431 e.